The summed E-state index contributed by atoms with van der Waals surface area (Å²) in [6.07, 6.45) is 2.14. The van der Waals surface area contributed by atoms with Crippen molar-refractivity contribution in [3.05, 3.63) is 0 Å². The van der Waals surface area contributed by atoms with Gasteiger partial charge in [0.15, 0.2) is 0 Å². The van der Waals surface area contributed by atoms with E-state index < -0.39 is 18.0 Å². The zero-order valence-electron chi connectivity index (χ0n) is 12.6. The maximum absolute atomic E-state index is 11.7. The van der Waals surface area contributed by atoms with Crippen LogP contribution in [0.25, 0.3) is 0 Å². The lowest BCUT2D eigenvalue weighted by Gasteiger charge is -2.32. The highest BCUT2D eigenvalue weighted by molar-refractivity contribution is 5.82. The Bertz CT molecular complexity index is 304. The molecule has 0 radical (unpaired) electrons. The quantitative estimate of drug-likeness (QED) is 0.622. The largest absolute Gasteiger partial charge is 0.480 e. The Hall–Kier alpha value is -1.30. The molecule has 0 aromatic carbocycles. The van der Waals surface area contributed by atoms with Crippen LogP contribution in [0.3, 0.4) is 0 Å². The van der Waals surface area contributed by atoms with Crippen molar-refractivity contribution in [2.45, 2.75) is 51.6 Å². The molecule has 0 heterocycles. The van der Waals surface area contributed by atoms with E-state index in [9.17, 15) is 9.59 Å². The molecule has 0 spiro atoms. The van der Waals surface area contributed by atoms with Crippen LogP contribution in [0.1, 0.15) is 40.0 Å². The molecule has 0 aromatic heterocycles. The van der Waals surface area contributed by atoms with Crippen LogP contribution in [0, 0.1) is 0 Å². The third kappa shape index (κ3) is 7.00. The van der Waals surface area contributed by atoms with Gasteiger partial charge < -0.3 is 20.6 Å². The average Bonchev–Trinajstić information content (AvgIpc) is 2.31. The number of aliphatic carboxylic acids is 1. The Balaban J connectivity index is 4.24. The first-order chi connectivity index (χ1) is 8.70. The number of carbonyl (C=O) groups is 2. The number of hydrogen-bond acceptors (Lipinski definition) is 3. The molecule has 0 aliphatic heterocycles. The fourth-order valence-electron chi connectivity index (χ4n) is 1.33. The Morgan fingerprint density at radius 1 is 1.32 bits per heavy atom. The first-order valence-corrected chi connectivity index (χ1v) is 6.65. The molecule has 2 amide bonds. The van der Waals surface area contributed by atoms with Crippen molar-refractivity contribution in [3.63, 3.8) is 0 Å². The van der Waals surface area contributed by atoms with Crippen molar-refractivity contribution in [2.75, 3.05) is 20.6 Å². The zero-order chi connectivity index (χ0) is 15.1. The number of carboxylic acids is 1. The maximum Gasteiger partial charge on any atom is 0.326 e. The highest BCUT2D eigenvalue weighted by atomic mass is 16.4. The molecule has 0 rings (SSSR count). The predicted octanol–water partition coefficient (Wildman–Crippen LogP) is 1.27. The predicted molar refractivity (Wildman–Crippen MR) is 75.2 cm³/mol. The minimum atomic E-state index is -0.990. The summed E-state index contributed by atoms with van der Waals surface area (Å²) < 4.78 is 0. The summed E-state index contributed by atoms with van der Waals surface area (Å²) in [4.78, 5) is 24.7. The van der Waals surface area contributed by atoms with Crippen molar-refractivity contribution in [1.82, 2.24) is 15.5 Å². The smallest absolute Gasteiger partial charge is 0.326 e. The van der Waals surface area contributed by atoms with E-state index in [1.165, 1.54) is 0 Å². The maximum atomic E-state index is 11.7. The molecular formula is C13H27N3O3. The fourth-order valence-corrected chi connectivity index (χ4v) is 1.33. The molecule has 6 nitrogen and oxygen atoms in total. The van der Waals surface area contributed by atoms with Gasteiger partial charge in [0.2, 0.25) is 0 Å². The van der Waals surface area contributed by atoms with Crippen LogP contribution in [0.15, 0.2) is 0 Å². The highest BCUT2D eigenvalue weighted by Crippen LogP contribution is 2.07. The molecule has 1 atom stereocenters. The monoisotopic (exact) mass is 273 g/mol. The van der Waals surface area contributed by atoms with Crippen LogP contribution in [0.5, 0.6) is 0 Å². The number of carbonyl (C=O) groups excluding carboxylic acids is 1. The Labute approximate surface area is 115 Å². The van der Waals surface area contributed by atoms with Gasteiger partial charge in [0.1, 0.15) is 6.04 Å². The van der Waals surface area contributed by atoms with E-state index in [0.717, 1.165) is 12.8 Å². The minimum absolute atomic E-state index is 0.181. The molecule has 0 aliphatic carbocycles. The molecule has 6 heteroatoms. The number of carboxylic acid groups (broad SMARTS) is 1. The SMILES string of the molecule is CCCC[C@H](NC(=O)NCC(C)(C)N(C)C)C(=O)O. The first-order valence-electron chi connectivity index (χ1n) is 6.65. The Morgan fingerprint density at radius 3 is 2.32 bits per heavy atom. The second kappa shape index (κ2) is 7.99. The summed E-state index contributed by atoms with van der Waals surface area (Å²) in [5.74, 6) is -0.990. The van der Waals surface area contributed by atoms with Crippen LogP contribution in [0.2, 0.25) is 0 Å². The Kier molecular flexibility index (Phi) is 7.44. The molecule has 0 saturated carbocycles. The number of unbranched alkanes of at least 4 members (excludes halogenated alkanes) is 1. The molecule has 0 saturated heterocycles. The lowest BCUT2D eigenvalue weighted by molar-refractivity contribution is -0.139. The summed E-state index contributed by atoms with van der Waals surface area (Å²) in [6, 6.07) is -1.25. The van der Waals surface area contributed by atoms with Crippen molar-refractivity contribution in [1.29, 1.82) is 0 Å². The van der Waals surface area contributed by atoms with Gasteiger partial charge in [0.05, 0.1) is 0 Å². The normalized spacial score (nSPS) is 13.2. The van der Waals surface area contributed by atoms with E-state index in [1.807, 2.05) is 39.8 Å². The van der Waals surface area contributed by atoms with E-state index in [0.29, 0.717) is 13.0 Å². The fraction of sp³-hybridized carbons (Fsp3) is 0.846. The van der Waals surface area contributed by atoms with Crippen LogP contribution >= 0.6 is 0 Å². The molecule has 0 bridgehead atoms. The van der Waals surface area contributed by atoms with Gasteiger partial charge in [-0.3, -0.25) is 0 Å². The van der Waals surface area contributed by atoms with E-state index >= 15 is 0 Å². The van der Waals surface area contributed by atoms with Crippen LogP contribution in [-0.2, 0) is 4.79 Å². The van der Waals surface area contributed by atoms with Gasteiger partial charge in [-0.2, -0.15) is 0 Å². The molecule has 3 N–H and O–H groups in total. The van der Waals surface area contributed by atoms with Gasteiger partial charge in [0.25, 0.3) is 0 Å². The average molecular weight is 273 g/mol. The third-order valence-corrected chi connectivity index (χ3v) is 3.34. The molecular weight excluding hydrogens is 246 g/mol. The van der Waals surface area contributed by atoms with E-state index in [1.54, 1.807) is 0 Å². The minimum Gasteiger partial charge on any atom is -0.480 e. The molecule has 112 valence electrons. The van der Waals surface area contributed by atoms with Gasteiger partial charge in [-0.1, -0.05) is 19.8 Å². The summed E-state index contributed by atoms with van der Waals surface area (Å²) in [6.45, 7) is 6.43. The van der Waals surface area contributed by atoms with Gasteiger partial charge in [0, 0.05) is 12.1 Å². The van der Waals surface area contributed by atoms with Crippen molar-refractivity contribution in [2.24, 2.45) is 0 Å². The number of likely N-dealkylation sites (N-methyl/N-ethyl adjacent to an activating group) is 1. The molecule has 19 heavy (non-hydrogen) atoms. The molecule has 0 unspecified atom stereocenters. The lowest BCUT2D eigenvalue weighted by atomic mass is 10.0. The first kappa shape index (κ1) is 17.7. The van der Waals surface area contributed by atoms with Crippen LogP contribution < -0.4 is 10.6 Å². The number of urea groups is 1. The summed E-state index contributed by atoms with van der Waals surface area (Å²) in [7, 11) is 3.86. The van der Waals surface area contributed by atoms with Crippen LogP contribution in [0.4, 0.5) is 4.79 Å². The van der Waals surface area contributed by atoms with E-state index in [4.69, 9.17) is 5.11 Å². The van der Waals surface area contributed by atoms with Gasteiger partial charge >= 0.3 is 12.0 Å². The highest BCUT2D eigenvalue weighted by Gasteiger charge is 2.23. The lowest BCUT2D eigenvalue weighted by Crippen LogP contribution is -2.52. The standard InChI is InChI=1S/C13H27N3O3/c1-6-7-8-10(11(17)18)15-12(19)14-9-13(2,3)16(4)5/h10H,6-9H2,1-5H3,(H,17,18)(H2,14,15,19)/t10-/m0/s1. The number of rotatable bonds is 8. The molecule has 0 aromatic rings. The van der Waals surface area contributed by atoms with Crippen molar-refractivity contribution >= 4 is 12.0 Å². The number of nitrogens with zero attached hydrogens (tertiary/aromatic N) is 1. The van der Waals surface area contributed by atoms with Gasteiger partial charge in [-0.15, -0.1) is 0 Å². The van der Waals surface area contributed by atoms with E-state index in [-0.39, 0.29) is 5.54 Å². The second-order valence-corrected chi connectivity index (χ2v) is 5.57. The molecule has 0 aliphatic rings. The van der Waals surface area contributed by atoms with Crippen LogP contribution in [-0.4, -0.2) is 54.2 Å². The second-order valence-electron chi connectivity index (χ2n) is 5.57. The number of nitrogens with one attached hydrogen (secondary N) is 2. The van der Waals surface area contributed by atoms with E-state index in [2.05, 4.69) is 10.6 Å². The molecule has 0 fully saturated rings. The Morgan fingerprint density at radius 2 is 1.89 bits per heavy atom. The topological polar surface area (TPSA) is 81.7 Å². The summed E-state index contributed by atoms with van der Waals surface area (Å²) in [5.41, 5.74) is -0.181. The number of hydrogen-bond donors (Lipinski definition) is 3. The van der Waals surface area contributed by atoms with Crippen molar-refractivity contribution in [3.8, 4) is 0 Å². The third-order valence-electron chi connectivity index (χ3n) is 3.34. The zero-order valence-corrected chi connectivity index (χ0v) is 12.6. The van der Waals surface area contributed by atoms with Gasteiger partial charge in [-0.05, 0) is 34.4 Å². The summed E-state index contributed by atoms with van der Waals surface area (Å²) in [5, 5.41) is 14.2. The van der Waals surface area contributed by atoms with Crippen molar-refractivity contribution < 1.29 is 14.7 Å². The number of amides is 2. The summed E-state index contributed by atoms with van der Waals surface area (Å²) >= 11 is 0. The van der Waals surface area contributed by atoms with Gasteiger partial charge in [-0.25, -0.2) is 9.59 Å².